The van der Waals surface area contributed by atoms with Gasteiger partial charge in [0.05, 0.1) is 0 Å². The lowest BCUT2D eigenvalue weighted by Crippen LogP contribution is -2.30. The predicted octanol–water partition coefficient (Wildman–Crippen LogP) is 4.47. The van der Waals surface area contributed by atoms with E-state index in [0.717, 1.165) is 0 Å². The molecule has 0 aromatic carbocycles. The fourth-order valence-electron chi connectivity index (χ4n) is 1.97. The van der Waals surface area contributed by atoms with Gasteiger partial charge in [-0.05, 0) is 26.0 Å². The minimum atomic E-state index is -0.232. The number of amides is 1. The minimum absolute atomic E-state index is 0.232. The zero-order valence-electron chi connectivity index (χ0n) is 13.4. The van der Waals surface area contributed by atoms with Crippen LogP contribution in [0.25, 0.3) is 5.57 Å². The van der Waals surface area contributed by atoms with Crippen LogP contribution < -0.4 is 4.90 Å². The highest BCUT2D eigenvalue weighted by Crippen LogP contribution is 2.35. The van der Waals surface area contributed by atoms with Crippen molar-refractivity contribution in [3.05, 3.63) is 58.5 Å². The fourth-order valence-corrected chi connectivity index (χ4v) is 3.34. The predicted molar refractivity (Wildman–Crippen MR) is 100 cm³/mol. The van der Waals surface area contributed by atoms with Crippen molar-refractivity contribution in [2.75, 3.05) is 11.4 Å². The molecule has 24 heavy (non-hydrogen) atoms. The van der Waals surface area contributed by atoms with E-state index < -0.39 is 0 Å². The van der Waals surface area contributed by atoms with Crippen LogP contribution >= 0.6 is 22.9 Å². The second-order valence-corrected chi connectivity index (χ2v) is 6.01. The van der Waals surface area contributed by atoms with Gasteiger partial charge in [-0.2, -0.15) is 0 Å². The van der Waals surface area contributed by atoms with E-state index in [9.17, 15) is 4.79 Å². The molecule has 0 atom stereocenters. The zero-order chi connectivity index (χ0) is 17.5. The third kappa shape index (κ3) is 3.96. The van der Waals surface area contributed by atoms with Crippen molar-refractivity contribution < 1.29 is 4.79 Å². The van der Waals surface area contributed by atoms with Crippen LogP contribution in [-0.2, 0) is 0 Å². The Morgan fingerprint density at radius 1 is 1.46 bits per heavy atom. The van der Waals surface area contributed by atoms with Crippen LogP contribution in [0.2, 0.25) is 5.15 Å². The van der Waals surface area contributed by atoms with Crippen LogP contribution in [0, 0.1) is 5.41 Å². The summed E-state index contributed by atoms with van der Waals surface area (Å²) in [6.45, 7) is 4.20. The highest BCUT2D eigenvalue weighted by Gasteiger charge is 2.23. The van der Waals surface area contributed by atoms with Gasteiger partial charge in [-0.15, -0.1) is 0 Å². The van der Waals surface area contributed by atoms with Crippen LogP contribution in [-0.4, -0.2) is 28.6 Å². The molecule has 1 amide bonds. The quantitative estimate of drug-likeness (QED) is 0.610. The molecule has 0 spiro atoms. The molecule has 2 aromatic heterocycles. The number of rotatable bonds is 6. The van der Waals surface area contributed by atoms with Crippen LogP contribution in [0.3, 0.4) is 0 Å². The molecule has 0 aliphatic rings. The third-order valence-corrected chi connectivity index (χ3v) is 4.63. The topological polar surface area (TPSA) is 69.9 Å². The Labute approximate surface area is 149 Å². The number of nitrogens with zero attached hydrogens (tertiary/aromatic N) is 3. The summed E-state index contributed by atoms with van der Waals surface area (Å²) in [7, 11) is 0. The van der Waals surface area contributed by atoms with Gasteiger partial charge in [-0.25, -0.2) is 4.98 Å². The second-order valence-electron chi connectivity index (χ2n) is 4.67. The number of carbonyl (C=O) groups is 1. The highest BCUT2D eigenvalue weighted by atomic mass is 35.5. The number of halogens is 1. The van der Waals surface area contributed by atoms with Gasteiger partial charge in [-0.1, -0.05) is 47.2 Å². The molecule has 124 valence electrons. The molecule has 0 aliphatic carbocycles. The van der Waals surface area contributed by atoms with Crippen LogP contribution in [0.15, 0.2) is 42.6 Å². The summed E-state index contributed by atoms with van der Waals surface area (Å²) in [4.78, 5) is 22.6. The number of pyridine rings is 1. The van der Waals surface area contributed by atoms with Crippen LogP contribution in [0.1, 0.15) is 29.3 Å². The number of hydrogen-bond donors (Lipinski definition) is 1. The van der Waals surface area contributed by atoms with Gasteiger partial charge in [0.1, 0.15) is 15.7 Å². The normalized spacial score (nSPS) is 11.7. The van der Waals surface area contributed by atoms with E-state index in [1.165, 1.54) is 17.6 Å². The number of allylic oxidation sites excluding steroid dienone is 4. The van der Waals surface area contributed by atoms with E-state index in [4.69, 9.17) is 17.0 Å². The summed E-state index contributed by atoms with van der Waals surface area (Å²) in [6.07, 6.45) is 8.26. The fraction of sp³-hybridized carbons (Fsp3) is 0.176. The van der Waals surface area contributed by atoms with E-state index in [2.05, 4.69) is 9.97 Å². The third-order valence-electron chi connectivity index (χ3n) is 3.13. The molecule has 0 fully saturated rings. The molecule has 0 saturated carbocycles. The summed E-state index contributed by atoms with van der Waals surface area (Å²) in [5.41, 5.74) is 0.981. The van der Waals surface area contributed by atoms with Crippen LogP contribution in [0.4, 0.5) is 5.00 Å². The maximum Gasteiger partial charge on any atom is 0.277 e. The van der Waals surface area contributed by atoms with Crippen molar-refractivity contribution in [3.63, 3.8) is 0 Å². The summed E-state index contributed by atoms with van der Waals surface area (Å²) >= 11 is 7.53. The van der Waals surface area contributed by atoms with Gasteiger partial charge in [0.2, 0.25) is 0 Å². The summed E-state index contributed by atoms with van der Waals surface area (Å²) < 4.78 is 0. The van der Waals surface area contributed by atoms with E-state index in [0.29, 0.717) is 27.8 Å². The second kappa shape index (κ2) is 8.52. The number of thiazole rings is 1. The molecular formula is C17H17ClN4OS. The molecule has 2 aromatic rings. The smallest absolute Gasteiger partial charge is 0.277 e. The average Bonchev–Trinajstić information content (AvgIpc) is 2.98. The van der Waals surface area contributed by atoms with Crippen molar-refractivity contribution in [1.29, 1.82) is 5.41 Å². The summed E-state index contributed by atoms with van der Waals surface area (Å²) in [5.74, 6) is -0.232. The standard InChI is InChI=1S/C17H17ClN4OS/c1-3-5-8-12(11-19)15-21-14(18)17(24-15)22(4-2)16(23)13-9-6-7-10-20-13/h3,5-11,19H,4H2,1-2H3/b5-3-,12-8+,19-11?. The number of aromatic nitrogens is 2. The first-order valence-electron chi connectivity index (χ1n) is 7.35. The van der Waals surface area contributed by atoms with E-state index >= 15 is 0 Å². The lowest BCUT2D eigenvalue weighted by atomic mass is 10.3. The van der Waals surface area contributed by atoms with Crippen molar-refractivity contribution in [1.82, 2.24) is 9.97 Å². The maximum atomic E-state index is 12.7. The Morgan fingerprint density at radius 3 is 2.83 bits per heavy atom. The first-order chi connectivity index (χ1) is 11.6. The Kier molecular flexibility index (Phi) is 6.40. The molecule has 2 heterocycles. The van der Waals surface area contributed by atoms with E-state index in [1.807, 2.05) is 26.0 Å². The number of nitrogens with one attached hydrogen (secondary N) is 1. The maximum absolute atomic E-state index is 12.7. The molecule has 7 heteroatoms. The first-order valence-corrected chi connectivity index (χ1v) is 8.54. The van der Waals surface area contributed by atoms with Crippen LogP contribution in [0.5, 0.6) is 0 Å². The molecule has 0 radical (unpaired) electrons. The Balaban J connectivity index is 2.40. The van der Waals surface area contributed by atoms with Gasteiger partial charge in [0, 0.05) is 24.5 Å². The lowest BCUT2D eigenvalue weighted by molar-refractivity contribution is 0.0984. The summed E-state index contributed by atoms with van der Waals surface area (Å²) in [6, 6.07) is 5.18. The summed E-state index contributed by atoms with van der Waals surface area (Å²) in [5, 5.41) is 8.92. The van der Waals surface area contributed by atoms with Gasteiger partial charge in [-0.3, -0.25) is 14.7 Å². The molecule has 0 aliphatic heterocycles. The van der Waals surface area contributed by atoms with Gasteiger partial charge in [0.15, 0.2) is 5.15 Å². The SMILES string of the molecule is C/C=C\C=C(/C=N)c1nc(Cl)c(N(CC)C(=O)c2ccccn2)s1. The first kappa shape index (κ1) is 18.0. The van der Waals surface area contributed by atoms with Gasteiger partial charge < -0.3 is 5.41 Å². The average molecular weight is 361 g/mol. The molecular weight excluding hydrogens is 344 g/mol. The van der Waals surface area contributed by atoms with Gasteiger partial charge >= 0.3 is 0 Å². The number of hydrogen-bond acceptors (Lipinski definition) is 5. The minimum Gasteiger partial charge on any atom is -0.308 e. The Bertz CT molecular complexity index is 783. The van der Waals surface area contributed by atoms with E-state index in [1.54, 1.807) is 35.4 Å². The Morgan fingerprint density at radius 2 is 2.25 bits per heavy atom. The van der Waals surface area contributed by atoms with E-state index in [-0.39, 0.29) is 11.1 Å². The lowest BCUT2D eigenvalue weighted by Gasteiger charge is -2.18. The molecule has 2 rings (SSSR count). The molecule has 0 bridgehead atoms. The largest absolute Gasteiger partial charge is 0.308 e. The Hall–Kier alpha value is -2.31. The molecule has 5 nitrogen and oxygen atoms in total. The van der Waals surface area contributed by atoms with Crippen molar-refractivity contribution in [3.8, 4) is 0 Å². The monoisotopic (exact) mass is 360 g/mol. The van der Waals surface area contributed by atoms with Crippen molar-refractivity contribution >= 4 is 45.6 Å². The molecule has 0 unspecified atom stereocenters. The van der Waals surface area contributed by atoms with Gasteiger partial charge in [0.25, 0.3) is 5.91 Å². The number of anilines is 1. The van der Waals surface area contributed by atoms with Crippen molar-refractivity contribution in [2.45, 2.75) is 13.8 Å². The molecule has 0 saturated heterocycles. The highest BCUT2D eigenvalue weighted by molar-refractivity contribution is 7.18. The van der Waals surface area contributed by atoms with Crippen molar-refractivity contribution in [2.24, 2.45) is 0 Å². The zero-order valence-corrected chi connectivity index (χ0v) is 14.9. The number of carbonyl (C=O) groups excluding carboxylic acids is 1. The molecule has 1 N–H and O–H groups in total.